The molecule has 3 nitrogen and oxygen atoms in total. The fraction of sp³-hybridized carbons (Fsp3) is 0.167. The highest BCUT2D eigenvalue weighted by molar-refractivity contribution is 6.42. The third kappa shape index (κ3) is 3.77. The van der Waals surface area contributed by atoms with Crippen LogP contribution in [0.15, 0.2) is 23.8 Å². The van der Waals surface area contributed by atoms with E-state index in [1.54, 1.807) is 25.1 Å². The summed E-state index contributed by atoms with van der Waals surface area (Å²) in [5.41, 5.74) is 0.687. The van der Waals surface area contributed by atoms with Crippen molar-refractivity contribution in [1.82, 2.24) is 5.32 Å². The Hall–Kier alpha value is -1.50. The molecule has 1 N–H and O–H groups in total. The van der Waals surface area contributed by atoms with E-state index in [4.69, 9.17) is 28.5 Å². The molecular formula is C12H10Cl2N2O. The van der Waals surface area contributed by atoms with Crippen LogP contribution in [-0.2, 0) is 4.79 Å². The minimum atomic E-state index is -0.402. The summed E-state index contributed by atoms with van der Waals surface area (Å²) in [7, 11) is 0. The van der Waals surface area contributed by atoms with Crippen LogP contribution in [0.4, 0.5) is 0 Å². The van der Waals surface area contributed by atoms with Crippen LogP contribution < -0.4 is 5.32 Å². The van der Waals surface area contributed by atoms with Crippen LogP contribution >= 0.6 is 23.2 Å². The third-order valence-electron chi connectivity index (χ3n) is 1.96. The molecule has 0 aromatic heterocycles. The molecule has 0 aliphatic carbocycles. The van der Waals surface area contributed by atoms with E-state index in [0.717, 1.165) is 0 Å². The molecule has 0 spiro atoms. The van der Waals surface area contributed by atoms with E-state index in [9.17, 15) is 4.79 Å². The number of carbonyl (C=O) groups excluding carboxylic acids is 1. The summed E-state index contributed by atoms with van der Waals surface area (Å²) in [6.45, 7) is 2.26. The van der Waals surface area contributed by atoms with Gasteiger partial charge in [-0.2, -0.15) is 5.26 Å². The van der Waals surface area contributed by atoms with Gasteiger partial charge in [0, 0.05) is 6.54 Å². The normalized spacial score (nSPS) is 10.8. The number of rotatable bonds is 3. The topological polar surface area (TPSA) is 52.9 Å². The molecule has 0 radical (unpaired) electrons. The van der Waals surface area contributed by atoms with Crippen molar-refractivity contribution in [1.29, 1.82) is 5.26 Å². The van der Waals surface area contributed by atoms with E-state index < -0.39 is 5.91 Å². The van der Waals surface area contributed by atoms with E-state index in [1.807, 2.05) is 6.07 Å². The molecule has 1 rings (SSSR count). The minimum absolute atomic E-state index is 0.0326. The molecule has 0 unspecified atom stereocenters. The maximum absolute atomic E-state index is 11.5. The molecule has 0 aliphatic heterocycles. The van der Waals surface area contributed by atoms with Gasteiger partial charge in [-0.25, -0.2) is 0 Å². The number of halogens is 2. The Morgan fingerprint density at radius 1 is 1.47 bits per heavy atom. The Labute approximate surface area is 110 Å². The number of hydrogen-bond donors (Lipinski definition) is 1. The lowest BCUT2D eigenvalue weighted by Gasteiger charge is -2.01. The first-order valence-corrected chi connectivity index (χ1v) is 5.69. The summed E-state index contributed by atoms with van der Waals surface area (Å²) in [6.07, 6.45) is 1.47. The summed E-state index contributed by atoms with van der Waals surface area (Å²) in [4.78, 5) is 11.5. The lowest BCUT2D eigenvalue weighted by Crippen LogP contribution is -2.23. The minimum Gasteiger partial charge on any atom is -0.352 e. The third-order valence-corrected chi connectivity index (χ3v) is 2.70. The largest absolute Gasteiger partial charge is 0.352 e. The van der Waals surface area contributed by atoms with Crippen molar-refractivity contribution in [2.24, 2.45) is 0 Å². The number of likely N-dealkylation sites (N-methyl/N-ethyl adjacent to an activating group) is 1. The number of nitrogens with one attached hydrogen (secondary N) is 1. The second kappa shape index (κ2) is 6.29. The molecule has 0 fully saturated rings. The van der Waals surface area contributed by atoms with Gasteiger partial charge in [-0.3, -0.25) is 4.79 Å². The van der Waals surface area contributed by atoms with E-state index >= 15 is 0 Å². The first-order valence-electron chi connectivity index (χ1n) is 4.93. The Morgan fingerprint density at radius 2 is 2.18 bits per heavy atom. The van der Waals surface area contributed by atoms with Gasteiger partial charge in [-0.05, 0) is 30.7 Å². The monoisotopic (exact) mass is 268 g/mol. The van der Waals surface area contributed by atoms with Gasteiger partial charge in [0.1, 0.15) is 11.6 Å². The number of nitrogens with zero attached hydrogens (tertiary/aromatic N) is 1. The predicted molar refractivity (Wildman–Crippen MR) is 68.7 cm³/mol. The molecule has 0 saturated carbocycles. The number of benzene rings is 1. The zero-order valence-electron chi connectivity index (χ0n) is 9.13. The lowest BCUT2D eigenvalue weighted by molar-refractivity contribution is -0.116. The van der Waals surface area contributed by atoms with Gasteiger partial charge in [0.25, 0.3) is 5.91 Å². The van der Waals surface area contributed by atoms with Crippen molar-refractivity contribution < 1.29 is 4.79 Å². The van der Waals surface area contributed by atoms with Gasteiger partial charge in [-0.1, -0.05) is 29.3 Å². The molecule has 1 aromatic rings. The molecule has 0 bridgehead atoms. The first kappa shape index (κ1) is 13.6. The fourth-order valence-corrected chi connectivity index (χ4v) is 1.48. The van der Waals surface area contributed by atoms with Crippen LogP contribution in [0, 0.1) is 11.3 Å². The van der Waals surface area contributed by atoms with E-state index in [2.05, 4.69) is 5.32 Å². The molecule has 17 heavy (non-hydrogen) atoms. The highest BCUT2D eigenvalue weighted by Crippen LogP contribution is 2.23. The molecule has 5 heteroatoms. The quantitative estimate of drug-likeness (QED) is 0.677. The molecule has 0 aliphatic rings. The number of amides is 1. The Bertz CT molecular complexity index is 504. The van der Waals surface area contributed by atoms with Gasteiger partial charge in [0.15, 0.2) is 0 Å². The average molecular weight is 269 g/mol. The zero-order chi connectivity index (χ0) is 12.8. The van der Waals surface area contributed by atoms with Crippen LogP contribution in [0.25, 0.3) is 6.08 Å². The molecule has 0 atom stereocenters. The zero-order valence-corrected chi connectivity index (χ0v) is 10.6. The maximum Gasteiger partial charge on any atom is 0.261 e. The SMILES string of the molecule is CCNC(=O)/C(C#N)=C\c1ccc(Cl)c(Cl)c1. The van der Waals surface area contributed by atoms with E-state index in [-0.39, 0.29) is 5.57 Å². The van der Waals surface area contributed by atoms with Crippen molar-refractivity contribution in [3.63, 3.8) is 0 Å². The van der Waals surface area contributed by atoms with Crippen LogP contribution in [-0.4, -0.2) is 12.5 Å². The molecule has 1 amide bonds. The molecule has 0 heterocycles. The van der Waals surface area contributed by atoms with Crippen LogP contribution in [0.2, 0.25) is 10.0 Å². The van der Waals surface area contributed by atoms with Crippen molar-refractivity contribution >= 4 is 35.2 Å². The van der Waals surface area contributed by atoms with Crippen molar-refractivity contribution in [3.8, 4) is 6.07 Å². The smallest absolute Gasteiger partial charge is 0.261 e. The van der Waals surface area contributed by atoms with Crippen molar-refractivity contribution in [2.45, 2.75) is 6.92 Å². The van der Waals surface area contributed by atoms with Crippen LogP contribution in [0.1, 0.15) is 12.5 Å². The molecule has 0 saturated heterocycles. The van der Waals surface area contributed by atoms with Gasteiger partial charge in [0.05, 0.1) is 10.0 Å². The van der Waals surface area contributed by atoms with Crippen molar-refractivity contribution in [2.75, 3.05) is 6.54 Å². The predicted octanol–water partition coefficient (Wildman–Crippen LogP) is 3.04. The Balaban J connectivity index is 3.03. The molecular weight excluding hydrogens is 259 g/mol. The van der Waals surface area contributed by atoms with Gasteiger partial charge in [-0.15, -0.1) is 0 Å². The number of carbonyl (C=O) groups is 1. The first-order chi connectivity index (χ1) is 8.08. The van der Waals surface area contributed by atoms with Crippen molar-refractivity contribution in [3.05, 3.63) is 39.4 Å². The Morgan fingerprint density at radius 3 is 2.71 bits per heavy atom. The van der Waals surface area contributed by atoms with Crippen LogP contribution in [0.3, 0.4) is 0 Å². The summed E-state index contributed by atoms with van der Waals surface area (Å²) >= 11 is 11.6. The lowest BCUT2D eigenvalue weighted by atomic mass is 10.1. The molecule has 88 valence electrons. The summed E-state index contributed by atoms with van der Waals surface area (Å²) < 4.78 is 0. The highest BCUT2D eigenvalue weighted by Gasteiger charge is 2.07. The van der Waals surface area contributed by atoms with Gasteiger partial charge >= 0.3 is 0 Å². The average Bonchev–Trinajstić information content (AvgIpc) is 2.30. The summed E-state index contributed by atoms with van der Waals surface area (Å²) in [5, 5.41) is 12.2. The van der Waals surface area contributed by atoms with E-state index in [1.165, 1.54) is 6.08 Å². The Kier molecular flexibility index (Phi) is 5.02. The number of nitriles is 1. The number of hydrogen-bond acceptors (Lipinski definition) is 2. The van der Waals surface area contributed by atoms with E-state index in [0.29, 0.717) is 22.2 Å². The maximum atomic E-state index is 11.5. The second-order valence-electron chi connectivity index (χ2n) is 3.20. The molecule has 1 aromatic carbocycles. The van der Waals surface area contributed by atoms with Gasteiger partial charge < -0.3 is 5.32 Å². The van der Waals surface area contributed by atoms with Crippen LogP contribution in [0.5, 0.6) is 0 Å². The second-order valence-corrected chi connectivity index (χ2v) is 4.02. The fourth-order valence-electron chi connectivity index (χ4n) is 1.17. The summed E-state index contributed by atoms with van der Waals surface area (Å²) in [6, 6.07) is 6.74. The standard InChI is InChI=1S/C12H10Cl2N2O/c1-2-16-12(17)9(7-15)5-8-3-4-10(13)11(14)6-8/h3-6H,2H2,1H3,(H,16,17)/b9-5-. The summed E-state index contributed by atoms with van der Waals surface area (Å²) in [5.74, 6) is -0.402. The van der Waals surface area contributed by atoms with Gasteiger partial charge in [0.2, 0.25) is 0 Å². The highest BCUT2D eigenvalue weighted by atomic mass is 35.5.